The van der Waals surface area contributed by atoms with E-state index in [1.54, 1.807) is 0 Å². The number of aromatic nitrogens is 2. The number of carbonyl (C=O) groups is 1. The Morgan fingerprint density at radius 1 is 1.32 bits per heavy atom. The SMILES string of the molecule is CC(C)Cc1noc(CN2CCC(C(=O)NC[C@@H]3CCCO3)CC2)n1. The quantitative estimate of drug-likeness (QED) is 0.807. The summed E-state index contributed by atoms with van der Waals surface area (Å²) in [4.78, 5) is 19.0. The van der Waals surface area contributed by atoms with Gasteiger partial charge in [-0.3, -0.25) is 9.69 Å². The molecule has 0 radical (unpaired) electrons. The highest BCUT2D eigenvalue weighted by molar-refractivity contribution is 5.78. The van der Waals surface area contributed by atoms with Crippen LogP contribution in [0, 0.1) is 11.8 Å². The van der Waals surface area contributed by atoms with Crippen molar-refractivity contribution in [1.29, 1.82) is 0 Å². The van der Waals surface area contributed by atoms with E-state index in [-0.39, 0.29) is 17.9 Å². The number of carbonyl (C=O) groups excluding carboxylic acids is 1. The number of nitrogens with zero attached hydrogens (tertiary/aromatic N) is 3. The minimum absolute atomic E-state index is 0.108. The maximum atomic E-state index is 12.3. The molecule has 3 heterocycles. The second-order valence-corrected chi connectivity index (χ2v) is 7.63. The first-order chi connectivity index (χ1) is 12.1. The van der Waals surface area contributed by atoms with Gasteiger partial charge in [-0.05, 0) is 44.7 Å². The van der Waals surface area contributed by atoms with E-state index in [4.69, 9.17) is 9.26 Å². The molecule has 3 rings (SSSR count). The van der Waals surface area contributed by atoms with Gasteiger partial charge in [-0.2, -0.15) is 4.98 Å². The van der Waals surface area contributed by atoms with Gasteiger partial charge in [0.15, 0.2) is 5.82 Å². The van der Waals surface area contributed by atoms with Gasteiger partial charge >= 0.3 is 0 Å². The second-order valence-electron chi connectivity index (χ2n) is 7.63. The highest BCUT2D eigenvalue weighted by atomic mass is 16.5. The van der Waals surface area contributed by atoms with Gasteiger partial charge in [0, 0.05) is 25.5 Å². The number of ether oxygens (including phenoxy) is 1. The molecule has 0 unspecified atom stereocenters. The Balaban J connectivity index is 1.37. The van der Waals surface area contributed by atoms with E-state index < -0.39 is 0 Å². The number of nitrogens with one attached hydrogen (secondary N) is 1. The molecule has 1 amide bonds. The number of hydrogen-bond acceptors (Lipinski definition) is 6. The van der Waals surface area contributed by atoms with Crippen LogP contribution in [-0.2, 0) is 22.5 Å². The molecule has 0 aromatic carbocycles. The number of hydrogen-bond donors (Lipinski definition) is 1. The smallest absolute Gasteiger partial charge is 0.240 e. The molecule has 0 saturated carbocycles. The first-order valence-corrected chi connectivity index (χ1v) is 9.53. The Hall–Kier alpha value is -1.47. The van der Waals surface area contributed by atoms with Gasteiger partial charge in [-0.25, -0.2) is 0 Å². The summed E-state index contributed by atoms with van der Waals surface area (Å²) in [7, 11) is 0. The summed E-state index contributed by atoms with van der Waals surface area (Å²) in [6.45, 7) is 8.22. The van der Waals surface area contributed by atoms with Gasteiger partial charge in [-0.15, -0.1) is 0 Å². The van der Waals surface area contributed by atoms with E-state index in [0.29, 0.717) is 24.9 Å². The van der Waals surface area contributed by atoms with E-state index in [9.17, 15) is 4.79 Å². The van der Waals surface area contributed by atoms with Gasteiger partial charge < -0.3 is 14.6 Å². The van der Waals surface area contributed by atoms with Crippen molar-refractivity contribution in [2.24, 2.45) is 11.8 Å². The molecule has 0 aliphatic carbocycles. The average molecular weight is 350 g/mol. The molecule has 1 aromatic heterocycles. The third kappa shape index (κ3) is 5.51. The lowest BCUT2D eigenvalue weighted by Crippen LogP contribution is -2.42. The predicted octanol–water partition coefficient (Wildman–Crippen LogP) is 1.78. The maximum absolute atomic E-state index is 12.3. The molecule has 25 heavy (non-hydrogen) atoms. The number of rotatable bonds is 7. The van der Waals surface area contributed by atoms with Crippen LogP contribution >= 0.6 is 0 Å². The fourth-order valence-corrected chi connectivity index (χ4v) is 3.51. The standard InChI is InChI=1S/C18H30N4O3/c1-13(2)10-16-20-17(25-21-16)12-22-7-5-14(6-8-22)18(23)19-11-15-4-3-9-24-15/h13-15H,3-12H2,1-2H3,(H,19,23)/t15-/m0/s1. The summed E-state index contributed by atoms with van der Waals surface area (Å²) in [5, 5.41) is 7.10. The van der Waals surface area contributed by atoms with Gasteiger partial charge in [0.2, 0.25) is 11.8 Å². The van der Waals surface area contributed by atoms with Crippen LogP contribution in [0.5, 0.6) is 0 Å². The molecular weight excluding hydrogens is 320 g/mol. The van der Waals surface area contributed by atoms with Crippen molar-refractivity contribution in [3.8, 4) is 0 Å². The maximum Gasteiger partial charge on any atom is 0.240 e. The molecule has 2 saturated heterocycles. The Morgan fingerprint density at radius 3 is 2.80 bits per heavy atom. The molecule has 0 bridgehead atoms. The summed E-state index contributed by atoms with van der Waals surface area (Å²) in [5.41, 5.74) is 0. The minimum atomic E-state index is 0.108. The summed E-state index contributed by atoms with van der Waals surface area (Å²) in [6.07, 6.45) is 4.97. The summed E-state index contributed by atoms with van der Waals surface area (Å²) < 4.78 is 10.9. The van der Waals surface area contributed by atoms with Gasteiger partial charge in [0.25, 0.3) is 0 Å². The second kappa shape index (κ2) is 8.76. The van der Waals surface area contributed by atoms with Crippen LogP contribution in [0.2, 0.25) is 0 Å². The zero-order valence-electron chi connectivity index (χ0n) is 15.4. The van der Waals surface area contributed by atoms with E-state index in [2.05, 4.69) is 34.2 Å². The van der Waals surface area contributed by atoms with Crippen LogP contribution in [0.15, 0.2) is 4.52 Å². The Labute approximate surface area is 149 Å². The van der Waals surface area contributed by atoms with Crippen LogP contribution in [0.3, 0.4) is 0 Å². The first kappa shape index (κ1) is 18.3. The zero-order valence-corrected chi connectivity index (χ0v) is 15.4. The van der Waals surface area contributed by atoms with Crippen molar-refractivity contribution < 1.29 is 14.1 Å². The van der Waals surface area contributed by atoms with Gasteiger partial charge in [0.05, 0.1) is 12.6 Å². The fourth-order valence-electron chi connectivity index (χ4n) is 3.51. The molecule has 2 fully saturated rings. The largest absolute Gasteiger partial charge is 0.376 e. The van der Waals surface area contributed by atoms with Gasteiger partial charge in [-0.1, -0.05) is 19.0 Å². The van der Waals surface area contributed by atoms with Crippen molar-refractivity contribution in [1.82, 2.24) is 20.4 Å². The predicted molar refractivity (Wildman–Crippen MR) is 92.8 cm³/mol. The van der Waals surface area contributed by atoms with Crippen LogP contribution in [0.1, 0.15) is 51.2 Å². The highest BCUT2D eigenvalue weighted by Gasteiger charge is 2.26. The highest BCUT2D eigenvalue weighted by Crippen LogP contribution is 2.19. The lowest BCUT2D eigenvalue weighted by molar-refractivity contribution is -0.127. The molecule has 7 nitrogen and oxygen atoms in total. The Morgan fingerprint density at radius 2 is 2.12 bits per heavy atom. The summed E-state index contributed by atoms with van der Waals surface area (Å²) >= 11 is 0. The van der Waals surface area contributed by atoms with Crippen molar-refractivity contribution in [2.75, 3.05) is 26.2 Å². The molecular formula is C18H30N4O3. The van der Waals surface area contributed by atoms with Crippen molar-refractivity contribution in [2.45, 2.75) is 58.6 Å². The van der Waals surface area contributed by atoms with Crippen LogP contribution < -0.4 is 5.32 Å². The lowest BCUT2D eigenvalue weighted by Gasteiger charge is -2.30. The molecule has 2 aliphatic rings. The van der Waals surface area contributed by atoms with E-state index in [0.717, 1.165) is 57.6 Å². The zero-order chi connectivity index (χ0) is 17.6. The van der Waals surface area contributed by atoms with Crippen LogP contribution in [0.25, 0.3) is 0 Å². The van der Waals surface area contributed by atoms with E-state index in [1.165, 1.54) is 0 Å². The van der Waals surface area contributed by atoms with Crippen molar-refractivity contribution >= 4 is 5.91 Å². The van der Waals surface area contributed by atoms with E-state index in [1.807, 2.05) is 0 Å². The third-order valence-electron chi connectivity index (χ3n) is 4.95. The minimum Gasteiger partial charge on any atom is -0.376 e. The van der Waals surface area contributed by atoms with Crippen LogP contribution in [0.4, 0.5) is 0 Å². The van der Waals surface area contributed by atoms with Crippen molar-refractivity contribution in [3.63, 3.8) is 0 Å². The Bertz CT molecular complexity index is 546. The van der Waals surface area contributed by atoms with E-state index >= 15 is 0 Å². The first-order valence-electron chi connectivity index (χ1n) is 9.53. The van der Waals surface area contributed by atoms with Crippen LogP contribution in [-0.4, -0.2) is 53.3 Å². The normalized spacial score (nSPS) is 22.6. The monoisotopic (exact) mass is 350 g/mol. The van der Waals surface area contributed by atoms with Crippen molar-refractivity contribution in [3.05, 3.63) is 11.7 Å². The Kier molecular flexibility index (Phi) is 6.42. The molecule has 1 atom stereocenters. The molecule has 140 valence electrons. The molecule has 7 heteroatoms. The topological polar surface area (TPSA) is 80.5 Å². The fraction of sp³-hybridized carbons (Fsp3) is 0.833. The molecule has 2 aliphatic heterocycles. The summed E-state index contributed by atoms with van der Waals surface area (Å²) in [5.74, 6) is 2.27. The lowest BCUT2D eigenvalue weighted by atomic mass is 9.96. The van der Waals surface area contributed by atoms with Gasteiger partial charge in [0.1, 0.15) is 0 Å². The number of amides is 1. The molecule has 0 spiro atoms. The molecule has 1 N–H and O–H groups in total. The molecule has 1 aromatic rings. The number of likely N-dealkylation sites (tertiary alicyclic amines) is 1. The average Bonchev–Trinajstić information content (AvgIpc) is 3.25. The number of piperidine rings is 1. The summed E-state index contributed by atoms with van der Waals surface area (Å²) in [6, 6.07) is 0. The third-order valence-corrected chi connectivity index (χ3v) is 4.95.